The van der Waals surface area contributed by atoms with Gasteiger partial charge in [0.25, 0.3) is 5.91 Å². The van der Waals surface area contributed by atoms with Crippen LogP contribution in [0.1, 0.15) is 34.3 Å². The van der Waals surface area contributed by atoms with Gasteiger partial charge in [0.2, 0.25) is 0 Å². The lowest BCUT2D eigenvalue weighted by molar-refractivity contribution is 0.0784. The lowest BCUT2D eigenvalue weighted by Gasteiger charge is -2.26. The van der Waals surface area contributed by atoms with E-state index in [2.05, 4.69) is 11.4 Å². The van der Waals surface area contributed by atoms with E-state index < -0.39 is 6.09 Å². The Morgan fingerprint density at radius 2 is 1.89 bits per heavy atom. The Morgan fingerprint density at radius 1 is 1.14 bits per heavy atom. The van der Waals surface area contributed by atoms with E-state index in [1.54, 1.807) is 38.2 Å². The van der Waals surface area contributed by atoms with E-state index in [0.717, 1.165) is 10.9 Å². The van der Waals surface area contributed by atoms with Gasteiger partial charge in [-0.25, -0.2) is 4.79 Å². The Balaban J connectivity index is 1.98. The molecule has 9 heteroatoms. The van der Waals surface area contributed by atoms with Gasteiger partial charge in [-0.15, -0.1) is 0 Å². The van der Waals surface area contributed by atoms with E-state index in [0.29, 0.717) is 21.0 Å². The van der Waals surface area contributed by atoms with E-state index in [1.807, 2.05) is 24.3 Å². The molecular formula is C26H25Cl2N3O4. The van der Waals surface area contributed by atoms with Crippen LogP contribution in [0, 0.1) is 11.3 Å². The Kier molecular flexibility index (Phi) is 8.80. The summed E-state index contributed by atoms with van der Waals surface area (Å²) in [6.45, 7) is 2.39. The number of methoxy groups -OCH3 is 1. The van der Waals surface area contributed by atoms with Crippen LogP contribution >= 0.6 is 23.2 Å². The van der Waals surface area contributed by atoms with Gasteiger partial charge in [-0.3, -0.25) is 4.79 Å². The Labute approximate surface area is 214 Å². The largest absolute Gasteiger partial charge is 0.495 e. The monoisotopic (exact) mass is 513 g/mol. The lowest BCUT2D eigenvalue weighted by Crippen LogP contribution is -2.37. The normalized spacial score (nSPS) is 11.4. The molecule has 0 fully saturated rings. The molecule has 0 heterocycles. The van der Waals surface area contributed by atoms with Crippen LogP contribution in [-0.4, -0.2) is 50.8 Å². The Hall–Kier alpha value is -3.47. The maximum absolute atomic E-state index is 13.7. The van der Waals surface area contributed by atoms with E-state index in [1.165, 1.54) is 12.0 Å². The zero-order valence-corrected chi connectivity index (χ0v) is 21.1. The molecule has 0 saturated carbocycles. The number of rotatable bonds is 8. The van der Waals surface area contributed by atoms with Crippen LogP contribution in [0.15, 0.2) is 48.5 Å². The van der Waals surface area contributed by atoms with E-state index in [4.69, 9.17) is 32.7 Å². The van der Waals surface area contributed by atoms with Crippen molar-refractivity contribution in [2.24, 2.45) is 0 Å². The molecular weight excluding hydrogens is 489 g/mol. The van der Waals surface area contributed by atoms with Crippen LogP contribution in [0.5, 0.6) is 5.75 Å². The molecule has 0 radical (unpaired) electrons. The van der Waals surface area contributed by atoms with E-state index >= 15 is 0 Å². The molecule has 3 aromatic carbocycles. The van der Waals surface area contributed by atoms with Crippen molar-refractivity contribution in [3.63, 3.8) is 0 Å². The number of amides is 2. The SMILES string of the molecule is CCOC(=O)NC[C@H](CN(C)C(=O)c1c(OC)c(C#N)cc2ccccc12)c1ccc(Cl)c(Cl)c1. The smallest absolute Gasteiger partial charge is 0.407 e. The first-order valence-corrected chi connectivity index (χ1v) is 11.7. The van der Waals surface area contributed by atoms with Gasteiger partial charge >= 0.3 is 6.09 Å². The van der Waals surface area contributed by atoms with Crippen LogP contribution in [0.3, 0.4) is 0 Å². The number of alkyl carbamates (subject to hydrolysis) is 1. The van der Waals surface area contributed by atoms with Crippen molar-refractivity contribution < 1.29 is 19.1 Å². The summed E-state index contributed by atoms with van der Waals surface area (Å²) in [7, 11) is 3.09. The molecule has 35 heavy (non-hydrogen) atoms. The maximum Gasteiger partial charge on any atom is 0.407 e. The third kappa shape index (κ3) is 5.97. The van der Waals surface area contributed by atoms with Crippen LogP contribution in [-0.2, 0) is 4.74 Å². The van der Waals surface area contributed by atoms with Gasteiger partial charge in [0.05, 0.1) is 34.9 Å². The second-order valence-corrected chi connectivity index (χ2v) is 8.64. The minimum Gasteiger partial charge on any atom is -0.495 e. The number of carbonyl (C=O) groups excluding carboxylic acids is 2. The molecule has 1 atom stereocenters. The number of likely N-dealkylation sites (N-methyl/N-ethyl adjacent to an activating group) is 1. The summed E-state index contributed by atoms with van der Waals surface area (Å²) >= 11 is 12.3. The summed E-state index contributed by atoms with van der Waals surface area (Å²) in [6.07, 6.45) is -0.555. The van der Waals surface area contributed by atoms with Gasteiger partial charge in [-0.2, -0.15) is 5.26 Å². The minimum atomic E-state index is -0.555. The van der Waals surface area contributed by atoms with Gasteiger partial charge in [0.1, 0.15) is 11.8 Å². The number of fused-ring (bicyclic) bond motifs is 1. The van der Waals surface area contributed by atoms with Crippen molar-refractivity contribution in [2.75, 3.05) is 33.9 Å². The van der Waals surface area contributed by atoms with Gasteiger partial charge < -0.3 is 19.7 Å². The number of hydrogen-bond donors (Lipinski definition) is 1. The molecule has 3 aromatic rings. The highest BCUT2D eigenvalue weighted by Crippen LogP contribution is 2.33. The molecule has 0 bridgehead atoms. The van der Waals surface area contributed by atoms with Gasteiger partial charge in [-0.1, -0.05) is 53.5 Å². The Bertz CT molecular complexity index is 1290. The average Bonchev–Trinajstić information content (AvgIpc) is 2.86. The van der Waals surface area contributed by atoms with Crippen molar-refractivity contribution >= 4 is 46.0 Å². The average molecular weight is 514 g/mol. The number of nitriles is 1. The van der Waals surface area contributed by atoms with E-state index in [9.17, 15) is 14.9 Å². The summed E-state index contributed by atoms with van der Waals surface area (Å²) in [5, 5.41) is 14.6. The van der Waals surface area contributed by atoms with Gasteiger partial charge in [-0.05, 0) is 41.5 Å². The Morgan fingerprint density at radius 3 is 2.54 bits per heavy atom. The number of ether oxygens (including phenoxy) is 2. The van der Waals surface area contributed by atoms with Crippen molar-refractivity contribution in [3.05, 3.63) is 75.3 Å². The molecule has 0 spiro atoms. The molecule has 2 amide bonds. The van der Waals surface area contributed by atoms with Crippen molar-refractivity contribution in [3.8, 4) is 11.8 Å². The van der Waals surface area contributed by atoms with Crippen molar-refractivity contribution in [1.29, 1.82) is 5.26 Å². The quantitative estimate of drug-likeness (QED) is 0.421. The molecule has 0 aliphatic rings. The first-order valence-electron chi connectivity index (χ1n) is 10.9. The first-order chi connectivity index (χ1) is 16.8. The summed E-state index contributed by atoms with van der Waals surface area (Å²) in [5.41, 5.74) is 1.36. The summed E-state index contributed by atoms with van der Waals surface area (Å²) in [4.78, 5) is 27.2. The molecule has 7 nitrogen and oxygen atoms in total. The number of nitrogens with zero attached hydrogens (tertiary/aromatic N) is 2. The molecule has 1 N–H and O–H groups in total. The fourth-order valence-electron chi connectivity index (χ4n) is 3.88. The number of hydrogen-bond acceptors (Lipinski definition) is 5. The lowest BCUT2D eigenvalue weighted by atomic mass is 9.96. The molecule has 0 aliphatic heterocycles. The fourth-order valence-corrected chi connectivity index (χ4v) is 4.19. The highest BCUT2D eigenvalue weighted by atomic mass is 35.5. The van der Waals surface area contributed by atoms with Crippen LogP contribution in [0.25, 0.3) is 10.8 Å². The number of halogens is 2. The second-order valence-electron chi connectivity index (χ2n) is 7.82. The molecule has 3 rings (SSSR count). The standard InChI is InChI=1S/C26H25Cl2N3O4/c1-4-35-26(33)30-14-19(16-9-10-21(27)22(28)12-16)15-31(2)25(32)23-20-8-6-5-7-17(20)11-18(13-29)24(23)34-3/h5-12,19H,4,14-15H2,1-3H3,(H,30,33)/t19-/m1/s1. The number of benzene rings is 3. The third-order valence-electron chi connectivity index (χ3n) is 5.56. The fraction of sp³-hybridized carbons (Fsp3) is 0.269. The van der Waals surface area contributed by atoms with Crippen molar-refractivity contribution in [1.82, 2.24) is 10.2 Å². The summed E-state index contributed by atoms with van der Waals surface area (Å²) in [6, 6.07) is 16.3. The highest BCUT2D eigenvalue weighted by molar-refractivity contribution is 6.42. The summed E-state index contributed by atoms with van der Waals surface area (Å²) < 4.78 is 10.5. The predicted octanol–water partition coefficient (Wildman–Crippen LogP) is 5.63. The topological polar surface area (TPSA) is 91.7 Å². The van der Waals surface area contributed by atoms with Gasteiger partial charge in [0.15, 0.2) is 0 Å². The first kappa shape index (κ1) is 26.1. The van der Waals surface area contributed by atoms with Crippen LogP contribution < -0.4 is 10.1 Å². The number of carbonyl (C=O) groups is 2. The molecule has 0 aromatic heterocycles. The van der Waals surface area contributed by atoms with E-state index in [-0.39, 0.29) is 42.8 Å². The molecule has 182 valence electrons. The number of nitrogens with one attached hydrogen (secondary N) is 1. The third-order valence-corrected chi connectivity index (χ3v) is 6.30. The molecule has 0 aliphatic carbocycles. The highest BCUT2D eigenvalue weighted by Gasteiger charge is 2.26. The second kappa shape index (κ2) is 11.8. The minimum absolute atomic E-state index is 0.199. The predicted molar refractivity (Wildman–Crippen MR) is 136 cm³/mol. The van der Waals surface area contributed by atoms with Crippen LogP contribution in [0.2, 0.25) is 10.0 Å². The summed E-state index contributed by atoms with van der Waals surface area (Å²) in [5.74, 6) is -0.422. The maximum atomic E-state index is 13.7. The molecule has 0 unspecified atom stereocenters. The van der Waals surface area contributed by atoms with Gasteiger partial charge in [0, 0.05) is 26.1 Å². The van der Waals surface area contributed by atoms with Crippen LogP contribution in [0.4, 0.5) is 4.79 Å². The molecule has 0 saturated heterocycles. The van der Waals surface area contributed by atoms with Crippen molar-refractivity contribution in [2.45, 2.75) is 12.8 Å². The zero-order valence-electron chi connectivity index (χ0n) is 19.6. The zero-order chi connectivity index (χ0) is 25.5.